The van der Waals surface area contributed by atoms with Crippen LogP contribution >= 0.6 is 0 Å². The molecule has 3 heteroatoms. The predicted molar refractivity (Wildman–Crippen MR) is 71.3 cm³/mol. The van der Waals surface area contributed by atoms with Crippen LogP contribution in [-0.4, -0.2) is 4.57 Å². The van der Waals surface area contributed by atoms with E-state index in [2.05, 4.69) is 0 Å². The van der Waals surface area contributed by atoms with E-state index in [4.69, 9.17) is 0 Å². The summed E-state index contributed by atoms with van der Waals surface area (Å²) in [6, 6.07) is 11.7. The molecular formula is C15H14N2O. The lowest BCUT2D eigenvalue weighted by molar-refractivity contribution is 0.815. The first-order valence-corrected chi connectivity index (χ1v) is 5.73. The van der Waals surface area contributed by atoms with Crippen molar-refractivity contribution in [1.82, 2.24) is 4.57 Å². The zero-order valence-electron chi connectivity index (χ0n) is 10.7. The summed E-state index contributed by atoms with van der Waals surface area (Å²) in [6.45, 7) is 3.84. The van der Waals surface area contributed by atoms with E-state index < -0.39 is 0 Å². The highest BCUT2D eigenvalue weighted by molar-refractivity contribution is 5.73. The van der Waals surface area contributed by atoms with Crippen LogP contribution in [-0.2, 0) is 7.05 Å². The van der Waals surface area contributed by atoms with Crippen molar-refractivity contribution in [2.45, 2.75) is 13.8 Å². The van der Waals surface area contributed by atoms with E-state index in [9.17, 15) is 10.1 Å². The molecule has 0 saturated heterocycles. The fourth-order valence-corrected chi connectivity index (χ4v) is 2.02. The lowest BCUT2D eigenvalue weighted by Crippen LogP contribution is -2.22. The Hall–Kier alpha value is -2.34. The van der Waals surface area contributed by atoms with Gasteiger partial charge in [0.2, 0.25) is 0 Å². The molecule has 0 amide bonds. The summed E-state index contributed by atoms with van der Waals surface area (Å²) in [4.78, 5) is 12.1. The Morgan fingerprint density at radius 3 is 2.44 bits per heavy atom. The van der Waals surface area contributed by atoms with Crippen LogP contribution in [0.25, 0.3) is 11.1 Å². The molecule has 18 heavy (non-hydrogen) atoms. The van der Waals surface area contributed by atoms with E-state index in [1.54, 1.807) is 7.05 Å². The van der Waals surface area contributed by atoms with Gasteiger partial charge in [0.1, 0.15) is 11.6 Å². The number of rotatable bonds is 1. The number of benzene rings is 1. The highest BCUT2D eigenvalue weighted by Gasteiger charge is 2.13. The first-order valence-electron chi connectivity index (χ1n) is 5.73. The second-order valence-electron chi connectivity index (χ2n) is 4.37. The number of nitriles is 1. The Morgan fingerprint density at radius 2 is 1.83 bits per heavy atom. The highest BCUT2D eigenvalue weighted by Crippen LogP contribution is 2.25. The van der Waals surface area contributed by atoms with Gasteiger partial charge in [0.25, 0.3) is 5.56 Å². The van der Waals surface area contributed by atoms with Crippen molar-refractivity contribution in [2.75, 3.05) is 0 Å². The predicted octanol–water partition coefficient (Wildman–Crippen LogP) is 2.54. The molecule has 2 aromatic rings. The monoisotopic (exact) mass is 238 g/mol. The van der Waals surface area contributed by atoms with Crippen molar-refractivity contribution in [2.24, 2.45) is 7.05 Å². The van der Waals surface area contributed by atoms with Crippen molar-refractivity contribution in [3.8, 4) is 17.2 Å². The molecular weight excluding hydrogens is 224 g/mol. The van der Waals surface area contributed by atoms with Crippen LogP contribution in [0.5, 0.6) is 0 Å². The summed E-state index contributed by atoms with van der Waals surface area (Å²) in [5.41, 5.74) is 3.53. The van der Waals surface area contributed by atoms with Gasteiger partial charge in [-0.25, -0.2) is 0 Å². The Morgan fingerprint density at radius 1 is 1.17 bits per heavy atom. The third kappa shape index (κ3) is 1.82. The maximum absolute atomic E-state index is 12.1. The molecule has 1 aromatic carbocycles. The van der Waals surface area contributed by atoms with Crippen LogP contribution in [0.3, 0.4) is 0 Å². The first kappa shape index (κ1) is 12.1. The molecule has 1 aromatic heterocycles. The lowest BCUT2D eigenvalue weighted by atomic mass is 9.97. The Labute approximate surface area is 106 Å². The zero-order chi connectivity index (χ0) is 13.3. The smallest absolute Gasteiger partial charge is 0.269 e. The van der Waals surface area contributed by atoms with Gasteiger partial charge in [-0.05, 0) is 31.0 Å². The quantitative estimate of drug-likeness (QED) is 0.766. The maximum atomic E-state index is 12.1. The summed E-state index contributed by atoms with van der Waals surface area (Å²) in [5.74, 6) is 0. The molecule has 0 aliphatic rings. The van der Waals surface area contributed by atoms with E-state index in [1.165, 1.54) is 4.57 Å². The van der Waals surface area contributed by atoms with Gasteiger partial charge in [0.05, 0.1) is 0 Å². The molecule has 0 saturated carbocycles. The summed E-state index contributed by atoms with van der Waals surface area (Å²) in [7, 11) is 1.68. The van der Waals surface area contributed by atoms with Gasteiger partial charge in [-0.2, -0.15) is 5.26 Å². The molecule has 0 radical (unpaired) electrons. The average Bonchev–Trinajstić information content (AvgIpc) is 2.36. The summed E-state index contributed by atoms with van der Waals surface area (Å²) < 4.78 is 1.50. The van der Waals surface area contributed by atoms with Crippen LogP contribution in [0.2, 0.25) is 0 Å². The second-order valence-corrected chi connectivity index (χ2v) is 4.37. The molecule has 0 aliphatic carbocycles. The molecule has 0 fully saturated rings. The van der Waals surface area contributed by atoms with E-state index >= 15 is 0 Å². The first-order chi connectivity index (χ1) is 8.56. The van der Waals surface area contributed by atoms with Crippen LogP contribution in [0.1, 0.15) is 16.8 Å². The largest absolute Gasteiger partial charge is 0.315 e. The molecule has 3 nitrogen and oxygen atoms in total. The third-order valence-electron chi connectivity index (χ3n) is 3.22. The van der Waals surface area contributed by atoms with Crippen molar-refractivity contribution in [3.05, 3.63) is 57.5 Å². The van der Waals surface area contributed by atoms with Crippen LogP contribution < -0.4 is 5.56 Å². The summed E-state index contributed by atoms with van der Waals surface area (Å²) in [5, 5.41) is 9.20. The standard InChI is InChI=1S/C15H14N2O/c1-10-6-4-5-7-12(10)13-8-11(2)17(3)15(18)14(13)9-16/h4-8H,1-3H3. The van der Waals surface area contributed by atoms with Crippen molar-refractivity contribution < 1.29 is 0 Å². The van der Waals surface area contributed by atoms with Gasteiger partial charge in [0.15, 0.2) is 0 Å². The van der Waals surface area contributed by atoms with Crippen LogP contribution in [0, 0.1) is 25.2 Å². The fourth-order valence-electron chi connectivity index (χ4n) is 2.02. The highest BCUT2D eigenvalue weighted by atomic mass is 16.1. The topological polar surface area (TPSA) is 45.8 Å². The zero-order valence-corrected chi connectivity index (χ0v) is 10.7. The van der Waals surface area contributed by atoms with Gasteiger partial charge in [-0.15, -0.1) is 0 Å². The Bertz CT molecular complexity index is 705. The van der Waals surface area contributed by atoms with Crippen molar-refractivity contribution >= 4 is 0 Å². The second kappa shape index (κ2) is 4.50. The van der Waals surface area contributed by atoms with Crippen molar-refractivity contribution in [3.63, 3.8) is 0 Å². The van der Waals surface area contributed by atoms with E-state index in [1.807, 2.05) is 50.2 Å². The van der Waals surface area contributed by atoms with Gasteiger partial charge in [0, 0.05) is 18.3 Å². The Balaban J connectivity index is 2.86. The molecule has 1 heterocycles. The normalized spacial score (nSPS) is 10.1. The molecule has 0 aliphatic heterocycles. The molecule has 2 rings (SSSR count). The third-order valence-corrected chi connectivity index (χ3v) is 3.22. The number of aryl methyl sites for hydroxylation is 2. The van der Waals surface area contributed by atoms with Gasteiger partial charge < -0.3 is 4.57 Å². The maximum Gasteiger partial charge on any atom is 0.269 e. The minimum atomic E-state index is -0.240. The van der Waals surface area contributed by atoms with Gasteiger partial charge in [-0.1, -0.05) is 24.3 Å². The number of hydrogen-bond acceptors (Lipinski definition) is 2. The summed E-state index contributed by atoms with van der Waals surface area (Å²) in [6.07, 6.45) is 0. The minimum absolute atomic E-state index is 0.206. The molecule has 0 spiro atoms. The van der Waals surface area contributed by atoms with Gasteiger partial charge in [-0.3, -0.25) is 4.79 Å². The van der Waals surface area contributed by atoms with Crippen molar-refractivity contribution in [1.29, 1.82) is 5.26 Å². The lowest BCUT2D eigenvalue weighted by Gasteiger charge is -2.11. The SMILES string of the molecule is Cc1ccccc1-c1cc(C)n(C)c(=O)c1C#N. The van der Waals surface area contributed by atoms with E-state index in [-0.39, 0.29) is 11.1 Å². The number of hydrogen-bond donors (Lipinski definition) is 0. The van der Waals surface area contributed by atoms with E-state index in [0.29, 0.717) is 0 Å². The molecule has 90 valence electrons. The fraction of sp³-hybridized carbons (Fsp3) is 0.200. The number of aromatic nitrogens is 1. The van der Waals surface area contributed by atoms with Gasteiger partial charge >= 0.3 is 0 Å². The molecule has 0 unspecified atom stereocenters. The number of pyridine rings is 1. The molecule has 0 N–H and O–H groups in total. The van der Waals surface area contributed by atoms with E-state index in [0.717, 1.165) is 22.4 Å². The molecule has 0 atom stereocenters. The Kier molecular flexibility index (Phi) is 3.03. The number of nitrogens with zero attached hydrogens (tertiary/aromatic N) is 2. The summed E-state index contributed by atoms with van der Waals surface area (Å²) >= 11 is 0. The molecule has 0 bridgehead atoms. The minimum Gasteiger partial charge on any atom is -0.315 e. The van der Waals surface area contributed by atoms with Crippen LogP contribution in [0.4, 0.5) is 0 Å². The average molecular weight is 238 g/mol. The van der Waals surface area contributed by atoms with Crippen LogP contribution in [0.15, 0.2) is 35.1 Å².